The summed E-state index contributed by atoms with van der Waals surface area (Å²) in [6, 6.07) is 5.78. The molecule has 0 atom stereocenters. The molecule has 0 saturated heterocycles. The Hall–Kier alpha value is -1.15. The van der Waals surface area contributed by atoms with Crippen molar-refractivity contribution in [1.29, 1.82) is 0 Å². The molecule has 16 heavy (non-hydrogen) atoms. The second-order valence-corrected chi connectivity index (χ2v) is 4.13. The van der Waals surface area contributed by atoms with Crippen LogP contribution in [0.3, 0.4) is 0 Å². The number of benzene rings is 1. The fourth-order valence-corrected chi connectivity index (χ4v) is 1.41. The minimum atomic E-state index is 0.0687. The molecule has 0 radical (unpaired) electrons. The lowest BCUT2D eigenvalue weighted by Crippen LogP contribution is -2.10. The van der Waals surface area contributed by atoms with Crippen molar-refractivity contribution in [3.8, 4) is 0 Å². The maximum atomic E-state index is 11.7. The highest BCUT2D eigenvalue weighted by molar-refractivity contribution is 5.97. The van der Waals surface area contributed by atoms with Crippen LogP contribution >= 0.6 is 0 Å². The molecule has 1 aromatic carbocycles. The highest BCUT2D eigenvalue weighted by Crippen LogP contribution is 2.10. The van der Waals surface area contributed by atoms with Crippen LogP contribution in [0.15, 0.2) is 18.2 Å². The Labute approximate surface area is 97.6 Å². The number of rotatable bonds is 6. The maximum absolute atomic E-state index is 11.7. The van der Waals surface area contributed by atoms with E-state index in [4.69, 9.17) is 4.74 Å². The van der Waals surface area contributed by atoms with E-state index in [0.29, 0.717) is 6.61 Å². The quantitative estimate of drug-likeness (QED) is 0.543. The first-order chi connectivity index (χ1) is 7.65. The van der Waals surface area contributed by atoms with Gasteiger partial charge in [-0.25, -0.2) is 0 Å². The van der Waals surface area contributed by atoms with Crippen LogP contribution in [0.2, 0.25) is 0 Å². The third kappa shape index (κ3) is 3.78. The van der Waals surface area contributed by atoms with E-state index in [1.807, 2.05) is 32.0 Å². The molecule has 1 aromatic rings. The van der Waals surface area contributed by atoms with E-state index in [-0.39, 0.29) is 12.4 Å². The Morgan fingerprint density at radius 1 is 1.25 bits per heavy atom. The highest BCUT2D eigenvalue weighted by atomic mass is 16.5. The zero-order valence-corrected chi connectivity index (χ0v) is 10.4. The number of ketones is 1. The standard InChI is InChI=1S/C14H20O2/c1-4-5-8-16-10-14(15)13-7-6-11(2)12(3)9-13/h6-7,9H,4-5,8,10H2,1-3H3. The Morgan fingerprint density at radius 3 is 2.62 bits per heavy atom. The molecule has 2 nitrogen and oxygen atoms in total. The van der Waals surface area contributed by atoms with E-state index in [2.05, 4.69) is 6.92 Å². The van der Waals surface area contributed by atoms with E-state index >= 15 is 0 Å². The summed E-state index contributed by atoms with van der Waals surface area (Å²) in [4.78, 5) is 11.7. The van der Waals surface area contributed by atoms with Gasteiger partial charge in [-0.05, 0) is 37.5 Å². The minimum Gasteiger partial charge on any atom is -0.373 e. The van der Waals surface area contributed by atoms with Crippen molar-refractivity contribution in [1.82, 2.24) is 0 Å². The molecule has 0 fully saturated rings. The summed E-state index contributed by atoms with van der Waals surface area (Å²) >= 11 is 0. The number of hydrogen-bond acceptors (Lipinski definition) is 2. The van der Waals surface area contributed by atoms with Crippen LogP contribution in [0.25, 0.3) is 0 Å². The molecule has 0 saturated carbocycles. The number of carbonyl (C=O) groups excluding carboxylic acids is 1. The number of aryl methyl sites for hydroxylation is 2. The molecule has 2 heteroatoms. The van der Waals surface area contributed by atoms with E-state index in [0.717, 1.165) is 24.0 Å². The number of Topliss-reactive ketones (excluding diaryl/α,β-unsaturated/α-hetero) is 1. The average Bonchev–Trinajstić information content (AvgIpc) is 2.28. The number of hydrogen-bond donors (Lipinski definition) is 0. The zero-order chi connectivity index (χ0) is 12.0. The average molecular weight is 220 g/mol. The van der Waals surface area contributed by atoms with Gasteiger partial charge in [0.1, 0.15) is 6.61 Å². The Bertz CT molecular complexity index is 356. The largest absolute Gasteiger partial charge is 0.373 e. The van der Waals surface area contributed by atoms with Gasteiger partial charge in [0.15, 0.2) is 5.78 Å². The van der Waals surface area contributed by atoms with Crippen molar-refractivity contribution in [3.63, 3.8) is 0 Å². The number of unbranched alkanes of at least 4 members (excludes halogenated alkanes) is 1. The van der Waals surface area contributed by atoms with Crippen molar-refractivity contribution in [2.24, 2.45) is 0 Å². The summed E-state index contributed by atoms with van der Waals surface area (Å²) in [5, 5.41) is 0. The van der Waals surface area contributed by atoms with E-state index in [1.165, 1.54) is 5.56 Å². The monoisotopic (exact) mass is 220 g/mol. The molecule has 0 aromatic heterocycles. The lowest BCUT2D eigenvalue weighted by molar-refractivity contribution is 0.0754. The van der Waals surface area contributed by atoms with Gasteiger partial charge in [0, 0.05) is 12.2 Å². The number of carbonyl (C=O) groups is 1. The van der Waals surface area contributed by atoms with Gasteiger partial charge in [-0.1, -0.05) is 25.5 Å². The summed E-state index contributed by atoms with van der Waals surface area (Å²) in [6.07, 6.45) is 2.11. The first-order valence-corrected chi connectivity index (χ1v) is 5.83. The van der Waals surface area contributed by atoms with Crippen LogP contribution in [-0.2, 0) is 4.74 Å². The maximum Gasteiger partial charge on any atom is 0.188 e. The van der Waals surface area contributed by atoms with Crippen LogP contribution in [0.1, 0.15) is 41.3 Å². The summed E-state index contributed by atoms with van der Waals surface area (Å²) in [5.41, 5.74) is 3.11. The third-order valence-corrected chi connectivity index (χ3v) is 2.70. The Kier molecular flexibility index (Phi) is 5.20. The third-order valence-electron chi connectivity index (χ3n) is 2.70. The van der Waals surface area contributed by atoms with E-state index in [1.54, 1.807) is 0 Å². The van der Waals surface area contributed by atoms with Gasteiger partial charge in [0.25, 0.3) is 0 Å². The van der Waals surface area contributed by atoms with Gasteiger partial charge in [-0.15, -0.1) is 0 Å². The summed E-state index contributed by atoms with van der Waals surface area (Å²) in [5.74, 6) is 0.0687. The Morgan fingerprint density at radius 2 is 2.00 bits per heavy atom. The van der Waals surface area contributed by atoms with Crippen molar-refractivity contribution in [2.75, 3.05) is 13.2 Å². The second-order valence-electron chi connectivity index (χ2n) is 4.13. The van der Waals surface area contributed by atoms with Crippen LogP contribution in [0.4, 0.5) is 0 Å². The molecule has 0 aliphatic rings. The van der Waals surface area contributed by atoms with Crippen LogP contribution < -0.4 is 0 Å². The van der Waals surface area contributed by atoms with Gasteiger partial charge in [0.05, 0.1) is 0 Å². The van der Waals surface area contributed by atoms with Gasteiger partial charge in [-0.3, -0.25) is 4.79 Å². The van der Waals surface area contributed by atoms with Crippen LogP contribution in [0.5, 0.6) is 0 Å². The fraction of sp³-hybridized carbons (Fsp3) is 0.500. The minimum absolute atomic E-state index is 0.0687. The molecular weight excluding hydrogens is 200 g/mol. The van der Waals surface area contributed by atoms with Gasteiger partial charge >= 0.3 is 0 Å². The SMILES string of the molecule is CCCCOCC(=O)c1ccc(C)c(C)c1. The first kappa shape index (κ1) is 12.9. The molecule has 0 heterocycles. The lowest BCUT2D eigenvalue weighted by atomic mass is 10.0. The fourth-order valence-electron chi connectivity index (χ4n) is 1.41. The Balaban J connectivity index is 2.50. The summed E-state index contributed by atoms with van der Waals surface area (Å²) < 4.78 is 5.31. The van der Waals surface area contributed by atoms with E-state index in [9.17, 15) is 4.79 Å². The van der Waals surface area contributed by atoms with Crippen molar-refractivity contribution in [2.45, 2.75) is 33.6 Å². The summed E-state index contributed by atoms with van der Waals surface area (Å²) in [6.45, 7) is 7.04. The number of ether oxygens (including phenoxy) is 1. The molecule has 0 spiro atoms. The molecule has 0 bridgehead atoms. The molecule has 1 rings (SSSR count). The first-order valence-electron chi connectivity index (χ1n) is 5.83. The summed E-state index contributed by atoms with van der Waals surface area (Å²) in [7, 11) is 0. The molecule has 88 valence electrons. The lowest BCUT2D eigenvalue weighted by Gasteiger charge is -2.05. The molecule has 0 unspecified atom stereocenters. The van der Waals surface area contributed by atoms with E-state index < -0.39 is 0 Å². The van der Waals surface area contributed by atoms with Crippen LogP contribution in [-0.4, -0.2) is 19.0 Å². The molecule has 0 aliphatic carbocycles. The predicted molar refractivity (Wildman–Crippen MR) is 66.0 cm³/mol. The van der Waals surface area contributed by atoms with Crippen LogP contribution in [0, 0.1) is 13.8 Å². The highest BCUT2D eigenvalue weighted by Gasteiger charge is 2.06. The zero-order valence-electron chi connectivity index (χ0n) is 10.4. The second kappa shape index (κ2) is 6.44. The van der Waals surface area contributed by atoms with Gasteiger partial charge in [0.2, 0.25) is 0 Å². The normalized spacial score (nSPS) is 10.4. The molecule has 0 amide bonds. The van der Waals surface area contributed by atoms with Crippen molar-refractivity contribution >= 4 is 5.78 Å². The van der Waals surface area contributed by atoms with Gasteiger partial charge in [-0.2, -0.15) is 0 Å². The van der Waals surface area contributed by atoms with Gasteiger partial charge < -0.3 is 4.74 Å². The molecular formula is C14H20O2. The molecule has 0 aliphatic heterocycles. The van der Waals surface area contributed by atoms with Crippen molar-refractivity contribution in [3.05, 3.63) is 34.9 Å². The molecule has 0 N–H and O–H groups in total. The smallest absolute Gasteiger partial charge is 0.188 e. The van der Waals surface area contributed by atoms with Crippen molar-refractivity contribution < 1.29 is 9.53 Å². The predicted octanol–water partition coefficient (Wildman–Crippen LogP) is 3.30. The topological polar surface area (TPSA) is 26.3 Å².